The lowest BCUT2D eigenvalue weighted by Crippen LogP contribution is -2.35. The molecule has 0 spiro atoms. The van der Waals surface area contributed by atoms with Crippen LogP contribution >= 0.6 is 23.5 Å². The van der Waals surface area contributed by atoms with Crippen LogP contribution in [0, 0.1) is 33.1 Å². The Morgan fingerprint density at radius 2 is 1.90 bits per heavy atom. The first kappa shape index (κ1) is 20.7. The number of nitrogens with zero attached hydrogens (tertiary/aromatic N) is 4. The van der Waals surface area contributed by atoms with Gasteiger partial charge in [0.25, 0.3) is 5.91 Å². The predicted octanol–water partition coefficient (Wildman–Crippen LogP) is 5.04. The van der Waals surface area contributed by atoms with E-state index >= 15 is 0 Å². The first-order valence-corrected chi connectivity index (χ1v) is 11.5. The van der Waals surface area contributed by atoms with E-state index in [1.165, 1.54) is 27.9 Å². The molecule has 1 aromatic carbocycles. The molecule has 1 N–H and O–H groups in total. The number of carbonyl (C=O) groups is 1. The molecule has 0 radical (unpaired) electrons. The highest BCUT2D eigenvalue weighted by Gasteiger charge is 2.35. The SMILES string of the molecule is CCSC1=NN2C(=N)C(=Cc3cc(C)n(-c4c(C)cccc4C)c3C)C(=O)N=C2S1. The first-order chi connectivity index (χ1) is 14.3. The Balaban J connectivity index is 1.77. The molecule has 0 unspecified atom stereocenters. The minimum atomic E-state index is -0.395. The van der Waals surface area contributed by atoms with Gasteiger partial charge in [0.05, 0.1) is 11.3 Å². The van der Waals surface area contributed by atoms with E-state index in [0.29, 0.717) is 5.17 Å². The number of fused-ring (bicyclic) bond motifs is 1. The summed E-state index contributed by atoms with van der Waals surface area (Å²) in [4.78, 5) is 16.9. The molecule has 1 amide bonds. The van der Waals surface area contributed by atoms with Gasteiger partial charge in [-0.15, -0.1) is 5.10 Å². The molecule has 0 bridgehead atoms. The molecule has 0 saturated heterocycles. The van der Waals surface area contributed by atoms with E-state index < -0.39 is 5.91 Å². The number of para-hydroxylation sites is 1. The second-order valence-electron chi connectivity index (χ2n) is 7.22. The van der Waals surface area contributed by atoms with Crippen LogP contribution in [0.4, 0.5) is 0 Å². The van der Waals surface area contributed by atoms with Crippen LogP contribution in [0.1, 0.15) is 35.0 Å². The number of hydrogen-bond donors (Lipinski definition) is 1. The van der Waals surface area contributed by atoms with Crippen molar-refractivity contribution in [3.05, 3.63) is 57.9 Å². The van der Waals surface area contributed by atoms with E-state index in [4.69, 9.17) is 5.41 Å². The zero-order chi connectivity index (χ0) is 21.6. The fourth-order valence-electron chi connectivity index (χ4n) is 3.75. The van der Waals surface area contributed by atoms with E-state index in [1.807, 2.05) is 19.9 Å². The van der Waals surface area contributed by atoms with Gasteiger partial charge in [-0.1, -0.05) is 36.9 Å². The molecule has 0 saturated carbocycles. The van der Waals surface area contributed by atoms with Crippen molar-refractivity contribution in [1.82, 2.24) is 9.58 Å². The van der Waals surface area contributed by atoms with Crippen LogP contribution < -0.4 is 0 Å². The van der Waals surface area contributed by atoms with Crippen molar-refractivity contribution in [2.24, 2.45) is 10.1 Å². The van der Waals surface area contributed by atoms with Gasteiger partial charge in [0, 0.05) is 11.4 Å². The quantitative estimate of drug-likeness (QED) is 0.683. The fraction of sp³-hybridized carbons (Fsp3) is 0.273. The summed E-state index contributed by atoms with van der Waals surface area (Å²) in [5.41, 5.74) is 6.80. The lowest BCUT2D eigenvalue weighted by Gasteiger charge is -2.20. The third-order valence-corrected chi connectivity index (χ3v) is 7.06. The van der Waals surface area contributed by atoms with E-state index in [-0.39, 0.29) is 11.4 Å². The number of hydrogen-bond acceptors (Lipinski definition) is 5. The normalized spacial score (nSPS) is 17.5. The second-order valence-corrected chi connectivity index (χ2v) is 9.69. The lowest BCUT2D eigenvalue weighted by molar-refractivity contribution is -0.114. The maximum Gasteiger partial charge on any atom is 0.283 e. The molecule has 2 aromatic rings. The molecule has 1 aromatic heterocycles. The number of benzene rings is 1. The molecule has 6 nitrogen and oxygen atoms in total. The molecule has 2 aliphatic rings. The van der Waals surface area contributed by atoms with Crippen molar-refractivity contribution in [3.63, 3.8) is 0 Å². The molecule has 8 heteroatoms. The van der Waals surface area contributed by atoms with Gasteiger partial charge in [-0.25, -0.2) is 0 Å². The van der Waals surface area contributed by atoms with E-state index in [1.54, 1.807) is 17.8 Å². The Bertz CT molecular complexity index is 1150. The van der Waals surface area contributed by atoms with Gasteiger partial charge in [0.2, 0.25) is 5.17 Å². The van der Waals surface area contributed by atoms with Crippen LogP contribution in [0.25, 0.3) is 11.8 Å². The average Bonchev–Trinajstić information content (AvgIpc) is 3.20. The minimum Gasteiger partial charge on any atom is -0.317 e. The standard InChI is InChI=1S/C22H23N5OS2/c1-6-29-22-25-27-19(23)17(20(28)24-21(27)30-22)11-16-10-14(4)26(15(16)5)18-12(2)8-7-9-13(18)3/h7-11,23H,6H2,1-5H3. The van der Waals surface area contributed by atoms with Crippen LogP contribution in [0.15, 0.2) is 39.9 Å². The highest BCUT2D eigenvalue weighted by molar-refractivity contribution is 8.45. The molecule has 30 heavy (non-hydrogen) atoms. The maximum absolute atomic E-state index is 12.7. The maximum atomic E-state index is 12.7. The summed E-state index contributed by atoms with van der Waals surface area (Å²) in [6.45, 7) is 10.3. The summed E-state index contributed by atoms with van der Waals surface area (Å²) in [5, 5.41) is 14.9. The van der Waals surface area contributed by atoms with Crippen molar-refractivity contribution in [3.8, 4) is 5.69 Å². The largest absolute Gasteiger partial charge is 0.317 e. The monoisotopic (exact) mass is 437 g/mol. The number of amidine groups is 2. The Kier molecular flexibility index (Phi) is 5.46. The van der Waals surface area contributed by atoms with Gasteiger partial charge < -0.3 is 4.57 Å². The van der Waals surface area contributed by atoms with Crippen molar-refractivity contribution < 1.29 is 4.79 Å². The van der Waals surface area contributed by atoms with Crippen LogP contribution in [-0.4, -0.2) is 36.6 Å². The number of rotatable bonds is 3. The summed E-state index contributed by atoms with van der Waals surface area (Å²) < 4.78 is 3.02. The Labute approximate surface area is 184 Å². The molecule has 154 valence electrons. The molecule has 0 atom stereocenters. The van der Waals surface area contributed by atoms with Gasteiger partial charge in [-0.3, -0.25) is 10.2 Å². The third kappa shape index (κ3) is 3.44. The lowest BCUT2D eigenvalue weighted by atomic mass is 10.1. The molecule has 2 aliphatic heterocycles. The number of aryl methyl sites for hydroxylation is 3. The predicted molar refractivity (Wildman–Crippen MR) is 128 cm³/mol. The summed E-state index contributed by atoms with van der Waals surface area (Å²) in [7, 11) is 0. The second kappa shape index (κ2) is 7.92. The Morgan fingerprint density at radius 3 is 2.57 bits per heavy atom. The first-order valence-electron chi connectivity index (χ1n) is 9.70. The van der Waals surface area contributed by atoms with E-state index in [2.05, 4.69) is 53.6 Å². The molecular weight excluding hydrogens is 414 g/mol. The van der Waals surface area contributed by atoms with Crippen molar-refractivity contribution >= 4 is 50.9 Å². The Hall–Kier alpha value is -2.58. The molecule has 3 heterocycles. The number of hydrazone groups is 1. The average molecular weight is 438 g/mol. The smallest absolute Gasteiger partial charge is 0.283 e. The number of nitrogens with one attached hydrogen (secondary N) is 1. The highest BCUT2D eigenvalue weighted by Crippen LogP contribution is 2.33. The number of carbonyl (C=O) groups excluding carboxylic acids is 1. The number of amides is 1. The summed E-state index contributed by atoms with van der Waals surface area (Å²) in [6, 6.07) is 8.31. The number of aliphatic imine (C=N–C) groups is 1. The van der Waals surface area contributed by atoms with Gasteiger partial charge in [0.15, 0.2) is 10.2 Å². The summed E-state index contributed by atoms with van der Waals surface area (Å²) in [5.74, 6) is 0.552. The molecule has 0 aliphatic carbocycles. The van der Waals surface area contributed by atoms with E-state index in [0.717, 1.165) is 32.8 Å². The highest BCUT2D eigenvalue weighted by atomic mass is 32.2. The molecular formula is C22H23N5OS2. The number of aromatic nitrogens is 1. The number of thioether (sulfide) groups is 2. The zero-order valence-electron chi connectivity index (χ0n) is 17.6. The van der Waals surface area contributed by atoms with Crippen molar-refractivity contribution in [2.45, 2.75) is 34.6 Å². The fourth-order valence-corrected chi connectivity index (χ4v) is 5.57. The Morgan fingerprint density at radius 1 is 1.20 bits per heavy atom. The van der Waals surface area contributed by atoms with Crippen molar-refractivity contribution in [1.29, 1.82) is 5.41 Å². The zero-order valence-corrected chi connectivity index (χ0v) is 19.2. The van der Waals surface area contributed by atoms with Crippen LogP contribution in [0.3, 0.4) is 0 Å². The van der Waals surface area contributed by atoms with Crippen LogP contribution in [0.2, 0.25) is 0 Å². The van der Waals surface area contributed by atoms with Gasteiger partial charge in [-0.05, 0) is 74.0 Å². The van der Waals surface area contributed by atoms with E-state index in [9.17, 15) is 4.79 Å². The minimum absolute atomic E-state index is 0.0704. The van der Waals surface area contributed by atoms with Crippen molar-refractivity contribution in [2.75, 3.05) is 5.75 Å². The van der Waals surface area contributed by atoms with Gasteiger partial charge >= 0.3 is 0 Å². The summed E-state index contributed by atoms with van der Waals surface area (Å²) >= 11 is 2.92. The topological polar surface area (TPSA) is 73.8 Å². The summed E-state index contributed by atoms with van der Waals surface area (Å²) in [6.07, 6.45) is 1.77. The third-order valence-electron chi connectivity index (χ3n) is 5.14. The van der Waals surface area contributed by atoms with Gasteiger partial charge in [-0.2, -0.15) is 10.0 Å². The van der Waals surface area contributed by atoms with Gasteiger partial charge in [0.1, 0.15) is 0 Å². The molecule has 4 rings (SSSR count). The van der Waals surface area contributed by atoms with Crippen LogP contribution in [0.5, 0.6) is 0 Å². The molecule has 0 fully saturated rings. The van der Waals surface area contributed by atoms with Crippen LogP contribution in [-0.2, 0) is 4.79 Å².